The van der Waals surface area contributed by atoms with E-state index in [0.29, 0.717) is 6.42 Å². The summed E-state index contributed by atoms with van der Waals surface area (Å²) < 4.78 is 5.21. The highest BCUT2D eigenvalue weighted by molar-refractivity contribution is 4.88. The topological polar surface area (TPSA) is 69.9 Å². The minimum Gasteiger partial charge on any atom is -0.390 e. The maximum Gasteiger partial charge on any atom is 0.181 e. The Labute approximate surface area is 90.9 Å². The first-order valence-electron chi connectivity index (χ1n) is 5.42. The number of aliphatic hydroxyl groups is 3. The Morgan fingerprint density at radius 1 is 1.07 bits per heavy atom. The molecule has 0 aromatic rings. The molecule has 1 aliphatic heterocycles. The van der Waals surface area contributed by atoms with Crippen LogP contribution in [-0.4, -0.2) is 39.9 Å². The lowest BCUT2D eigenvalue weighted by Gasteiger charge is -2.41. The monoisotopic (exact) mass is 218 g/mol. The summed E-state index contributed by atoms with van der Waals surface area (Å²) >= 11 is 0. The Bertz CT molecular complexity index is 211. The van der Waals surface area contributed by atoms with E-state index in [-0.39, 0.29) is 11.3 Å². The van der Waals surface area contributed by atoms with Gasteiger partial charge in [0.05, 0.1) is 12.2 Å². The van der Waals surface area contributed by atoms with Crippen molar-refractivity contribution >= 4 is 0 Å². The van der Waals surface area contributed by atoms with E-state index >= 15 is 0 Å². The fourth-order valence-electron chi connectivity index (χ4n) is 1.91. The SMILES string of the molecule is CC1C(O)C(O)OC(CC(C)(C)C)C1O. The van der Waals surface area contributed by atoms with E-state index in [0.717, 1.165) is 0 Å². The molecule has 1 heterocycles. The highest BCUT2D eigenvalue weighted by Crippen LogP contribution is 2.32. The molecule has 0 saturated carbocycles. The van der Waals surface area contributed by atoms with Crippen LogP contribution in [0.15, 0.2) is 0 Å². The molecule has 15 heavy (non-hydrogen) atoms. The first kappa shape index (κ1) is 12.9. The van der Waals surface area contributed by atoms with Gasteiger partial charge in [0.2, 0.25) is 0 Å². The van der Waals surface area contributed by atoms with Gasteiger partial charge in [0, 0.05) is 5.92 Å². The molecule has 5 unspecified atom stereocenters. The third-order valence-corrected chi connectivity index (χ3v) is 2.88. The number of ether oxygens (including phenoxy) is 1. The van der Waals surface area contributed by atoms with E-state index in [1.807, 2.05) is 20.8 Å². The van der Waals surface area contributed by atoms with E-state index in [1.165, 1.54) is 0 Å². The van der Waals surface area contributed by atoms with E-state index in [2.05, 4.69) is 0 Å². The van der Waals surface area contributed by atoms with Crippen molar-refractivity contribution in [2.45, 2.75) is 58.7 Å². The lowest BCUT2D eigenvalue weighted by atomic mass is 9.82. The molecule has 1 rings (SSSR count). The number of aliphatic hydroxyl groups excluding tert-OH is 3. The minimum atomic E-state index is -1.18. The van der Waals surface area contributed by atoms with Gasteiger partial charge in [-0.1, -0.05) is 27.7 Å². The zero-order valence-corrected chi connectivity index (χ0v) is 9.84. The zero-order chi connectivity index (χ0) is 11.8. The minimum absolute atomic E-state index is 0.0212. The summed E-state index contributed by atoms with van der Waals surface area (Å²) in [7, 11) is 0. The Balaban J connectivity index is 2.67. The third-order valence-electron chi connectivity index (χ3n) is 2.88. The predicted molar refractivity (Wildman–Crippen MR) is 56.1 cm³/mol. The second-order valence-corrected chi connectivity index (χ2v) is 5.67. The molecule has 0 aliphatic carbocycles. The molecular weight excluding hydrogens is 196 g/mol. The van der Waals surface area contributed by atoms with Gasteiger partial charge in [0.1, 0.15) is 6.10 Å². The second kappa shape index (κ2) is 4.37. The van der Waals surface area contributed by atoms with E-state index in [1.54, 1.807) is 6.92 Å². The Hall–Kier alpha value is -0.160. The number of hydrogen-bond acceptors (Lipinski definition) is 4. The van der Waals surface area contributed by atoms with E-state index in [9.17, 15) is 15.3 Å². The molecule has 5 atom stereocenters. The molecule has 4 heteroatoms. The van der Waals surface area contributed by atoms with Gasteiger partial charge in [-0.3, -0.25) is 0 Å². The molecule has 90 valence electrons. The van der Waals surface area contributed by atoms with Gasteiger partial charge in [-0.2, -0.15) is 0 Å². The average Bonchev–Trinajstić information content (AvgIpc) is 2.08. The highest BCUT2D eigenvalue weighted by Gasteiger charge is 2.42. The van der Waals surface area contributed by atoms with Crippen LogP contribution in [0.5, 0.6) is 0 Å². The largest absolute Gasteiger partial charge is 0.390 e. The molecule has 1 fully saturated rings. The highest BCUT2D eigenvalue weighted by atomic mass is 16.6. The van der Waals surface area contributed by atoms with E-state index < -0.39 is 24.6 Å². The standard InChI is InChI=1S/C11H22O4/c1-6-8(12)7(5-11(2,3)4)15-10(14)9(6)13/h6-10,12-14H,5H2,1-4H3. The molecule has 0 aromatic heterocycles. The van der Waals surface area contributed by atoms with Crippen molar-refractivity contribution in [1.82, 2.24) is 0 Å². The molecule has 0 radical (unpaired) electrons. The Morgan fingerprint density at radius 2 is 1.60 bits per heavy atom. The maximum atomic E-state index is 9.89. The van der Waals surface area contributed by atoms with Crippen LogP contribution in [0.25, 0.3) is 0 Å². The van der Waals surface area contributed by atoms with Crippen LogP contribution in [0.4, 0.5) is 0 Å². The van der Waals surface area contributed by atoms with Gasteiger partial charge >= 0.3 is 0 Å². The van der Waals surface area contributed by atoms with Crippen LogP contribution in [0, 0.1) is 11.3 Å². The summed E-state index contributed by atoms with van der Waals surface area (Å²) in [6.07, 6.45) is -2.66. The summed E-state index contributed by atoms with van der Waals surface area (Å²) in [6.45, 7) is 7.86. The van der Waals surface area contributed by atoms with Crippen LogP contribution >= 0.6 is 0 Å². The van der Waals surface area contributed by atoms with Crippen LogP contribution in [0.3, 0.4) is 0 Å². The molecule has 0 amide bonds. The van der Waals surface area contributed by atoms with Crippen molar-refractivity contribution < 1.29 is 20.1 Å². The molecule has 1 saturated heterocycles. The first-order chi connectivity index (χ1) is 6.72. The van der Waals surface area contributed by atoms with Crippen molar-refractivity contribution in [3.8, 4) is 0 Å². The smallest absolute Gasteiger partial charge is 0.181 e. The van der Waals surface area contributed by atoms with Crippen molar-refractivity contribution in [2.75, 3.05) is 0 Å². The Kier molecular flexibility index (Phi) is 3.76. The van der Waals surface area contributed by atoms with E-state index in [4.69, 9.17) is 4.74 Å². The molecular formula is C11H22O4. The van der Waals surface area contributed by atoms with Crippen LogP contribution < -0.4 is 0 Å². The van der Waals surface area contributed by atoms with Crippen molar-refractivity contribution in [3.63, 3.8) is 0 Å². The molecule has 4 nitrogen and oxygen atoms in total. The molecule has 1 aliphatic rings. The predicted octanol–water partition coefficient (Wildman–Crippen LogP) is 0.498. The molecule has 0 spiro atoms. The summed E-state index contributed by atoms with van der Waals surface area (Å²) in [6, 6.07) is 0. The number of rotatable bonds is 1. The lowest BCUT2D eigenvalue weighted by molar-refractivity contribution is -0.270. The van der Waals surface area contributed by atoms with Crippen molar-refractivity contribution in [1.29, 1.82) is 0 Å². The van der Waals surface area contributed by atoms with Gasteiger partial charge < -0.3 is 20.1 Å². The average molecular weight is 218 g/mol. The molecule has 0 aromatic carbocycles. The maximum absolute atomic E-state index is 9.89. The normalized spacial score (nSPS) is 43.0. The van der Waals surface area contributed by atoms with Crippen molar-refractivity contribution in [2.24, 2.45) is 11.3 Å². The van der Waals surface area contributed by atoms with Gasteiger partial charge in [-0.25, -0.2) is 0 Å². The van der Waals surface area contributed by atoms with Crippen LogP contribution in [-0.2, 0) is 4.74 Å². The molecule has 0 bridgehead atoms. The summed E-state index contributed by atoms with van der Waals surface area (Å²) in [5.74, 6) is -0.360. The van der Waals surface area contributed by atoms with Gasteiger partial charge in [-0.15, -0.1) is 0 Å². The summed E-state index contributed by atoms with van der Waals surface area (Å²) in [5.41, 5.74) is 0.0212. The fraction of sp³-hybridized carbons (Fsp3) is 1.00. The Morgan fingerprint density at radius 3 is 2.07 bits per heavy atom. The molecule has 3 N–H and O–H groups in total. The van der Waals surface area contributed by atoms with Crippen LogP contribution in [0.1, 0.15) is 34.1 Å². The summed E-state index contributed by atoms with van der Waals surface area (Å²) in [4.78, 5) is 0. The second-order valence-electron chi connectivity index (χ2n) is 5.67. The van der Waals surface area contributed by atoms with Crippen LogP contribution in [0.2, 0.25) is 0 Å². The van der Waals surface area contributed by atoms with Gasteiger partial charge in [0.25, 0.3) is 0 Å². The number of hydrogen-bond donors (Lipinski definition) is 3. The quantitative estimate of drug-likeness (QED) is 0.599. The first-order valence-corrected chi connectivity index (χ1v) is 5.42. The van der Waals surface area contributed by atoms with Gasteiger partial charge in [-0.05, 0) is 11.8 Å². The fourth-order valence-corrected chi connectivity index (χ4v) is 1.91. The van der Waals surface area contributed by atoms with Gasteiger partial charge in [0.15, 0.2) is 6.29 Å². The lowest BCUT2D eigenvalue weighted by Crippen LogP contribution is -2.53. The third kappa shape index (κ3) is 3.14. The zero-order valence-electron chi connectivity index (χ0n) is 9.84. The van der Waals surface area contributed by atoms with Crippen molar-refractivity contribution in [3.05, 3.63) is 0 Å². The summed E-state index contributed by atoms with van der Waals surface area (Å²) in [5, 5.41) is 28.8.